The quantitative estimate of drug-likeness (QED) is 0.586. The van der Waals surface area contributed by atoms with E-state index in [0.29, 0.717) is 5.58 Å². The molecule has 0 radical (unpaired) electrons. The van der Waals surface area contributed by atoms with E-state index >= 15 is 0 Å². The van der Waals surface area contributed by atoms with E-state index in [-0.39, 0.29) is 30.4 Å². The highest BCUT2D eigenvalue weighted by atomic mass is 16.5. The van der Waals surface area contributed by atoms with E-state index in [1.165, 1.54) is 7.11 Å². The summed E-state index contributed by atoms with van der Waals surface area (Å²) in [4.78, 5) is 23.0. The minimum Gasteiger partial charge on any atom is -0.453 e. The summed E-state index contributed by atoms with van der Waals surface area (Å²) in [5, 5.41) is 0.857. The molecule has 0 unspecified atom stereocenters. The molecule has 0 aliphatic rings. The van der Waals surface area contributed by atoms with Crippen molar-refractivity contribution in [2.45, 2.75) is 6.42 Å². The van der Waals surface area contributed by atoms with Crippen LogP contribution in [-0.4, -0.2) is 25.3 Å². The number of para-hydroxylation sites is 1. The van der Waals surface area contributed by atoms with Gasteiger partial charge in [-0.2, -0.15) is 0 Å². The van der Waals surface area contributed by atoms with Gasteiger partial charge < -0.3 is 9.15 Å². The molecule has 2 aromatic rings. The van der Waals surface area contributed by atoms with E-state index in [1.807, 2.05) is 18.2 Å². The maximum Gasteiger partial charge on any atom is 0.205 e. The number of ether oxygens (including phenoxy) is 1. The van der Waals surface area contributed by atoms with Gasteiger partial charge in [-0.15, -0.1) is 0 Å². The number of ketones is 2. The van der Waals surface area contributed by atoms with E-state index in [2.05, 4.69) is 4.74 Å². The van der Waals surface area contributed by atoms with E-state index in [0.717, 1.165) is 5.39 Å². The van der Waals surface area contributed by atoms with Crippen molar-refractivity contribution in [2.24, 2.45) is 0 Å². The van der Waals surface area contributed by atoms with E-state index < -0.39 is 0 Å². The summed E-state index contributed by atoms with van der Waals surface area (Å²) in [6, 6.07) is 8.98. The van der Waals surface area contributed by atoms with Gasteiger partial charge in [-0.3, -0.25) is 9.59 Å². The Morgan fingerprint density at radius 1 is 1.29 bits per heavy atom. The van der Waals surface area contributed by atoms with E-state index in [4.69, 9.17) is 4.42 Å². The van der Waals surface area contributed by atoms with Crippen molar-refractivity contribution in [3.05, 3.63) is 36.1 Å². The number of carbonyl (C=O) groups is 2. The molecule has 1 heterocycles. The van der Waals surface area contributed by atoms with Crippen molar-refractivity contribution < 1.29 is 18.7 Å². The van der Waals surface area contributed by atoms with Crippen molar-refractivity contribution in [3.63, 3.8) is 0 Å². The van der Waals surface area contributed by atoms with Crippen LogP contribution in [0.1, 0.15) is 17.0 Å². The number of hydrogen-bond donors (Lipinski definition) is 0. The number of rotatable bonds is 5. The molecule has 0 N–H and O–H groups in total. The smallest absolute Gasteiger partial charge is 0.205 e. The second-order valence-electron chi connectivity index (χ2n) is 3.72. The Labute approximate surface area is 98.2 Å². The fraction of sp³-hybridized carbons (Fsp3) is 0.231. The van der Waals surface area contributed by atoms with Crippen LogP contribution in [0.15, 0.2) is 34.7 Å². The van der Waals surface area contributed by atoms with Gasteiger partial charge in [0, 0.05) is 12.5 Å². The third kappa shape index (κ3) is 2.60. The zero-order valence-electron chi connectivity index (χ0n) is 9.43. The van der Waals surface area contributed by atoms with Crippen molar-refractivity contribution in [2.75, 3.05) is 13.7 Å². The van der Waals surface area contributed by atoms with Crippen LogP contribution in [0.5, 0.6) is 0 Å². The summed E-state index contributed by atoms with van der Waals surface area (Å²) in [5.41, 5.74) is 0.648. The molecule has 0 amide bonds. The van der Waals surface area contributed by atoms with Crippen LogP contribution in [0, 0.1) is 0 Å². The normalized spacial score (nSPS) is 10.6. The standard InChI is InChI=1S/C13H12O4/c1-16-8-10(14)7-11(15)13-6-9-4-2-3-5-12(9)17-13/h2-6H,7-8H2,1H3. The molecular weight excluding hydrogens is 220 g/mol. The minimum atomic E-state index is -0.316. The summed E-state index contributed by atoms with van der Waals surface area (Å²) < 4.78 is 10.0. The van der Waals surface area contributed by atoms with Crippen LogP contribution < -0.4 is 0 Å². The number of hydrogen-bond acceptors (Lipinski definition) is 4. The summed E-state index contributed by atoms with van der Waals surface area (Å²) in [6.07, 6.45) is -0.187. The molecule has 4 heteroatoms. The predicted octanol–water partition coefficient (Wildman–Crippen LogP) is 2.22. The Morgan fingerprint density at radius 3 is 2.76 bits per heavy atom. The van der Waals surface area contributed by atoms with Crippen molar-refractivity contribution in [1.29, 1.82) is 0 Å². The molecule has 0 fully saturated rings. The maximum absolute atomic E-state index is 11.7. The summed E-state index contributed by atoms with van der Waals surface area (Å²) >= 11 is 0. The average molecular weight is 232 g/mol. The zero-order chi connectivity index (χ0) is 12.3. The molecule has 0 saturated heterocycles. The van der Waals surface area contributed by atoms with Crippen LogP contribution >= 0.6 is 0 Å². The Balaban J connectivity index is 2.16. The lowest BCUT2D eigenvalue weighted by Gasteiger charge is -1.96. The van der Waals surface area contributed by atoms with Gasteiger partial charge in [-0.25, -0.2) is 0 Å². The molecule has 2 rings (SSSR count). The van der Waals surface area contributed by atoms with Crippen molar-refractivity contribution in [1.82, 2.24) is 0 Å². The summed E-state index contributed by atoms with van der Waals surface area (Å²) in [7, 11) is 1.42. The van der Waals surface area contributed by atoms with Crippen LogP contribution in [0.25, 0.3) is 11.0 Å². The van der Waals surface area contributed by atoms with Gasteiger partial charge in [0.15, 0.2) is 11.5 Å². The highest BCUT2D eigenvalue weighted by Gasteiger charge is 2.15. The first-order chi connectivity index (χ1) is 8.20. The fourth-order valence-corrected chi connectivity index (χ4v) is 1.60. The van der Waals surface area contributed by atoms with Crippen molar-refractivity contribution >= 4 is 22.5 Å². The number of furan rings is 1. The molecule has 1 aromatic carbocycles. The number of carbonyl (C=O) groups excluding carboxylic acids is 2. The number of methoxy groups -OCH3 is 1. The number of benzene rings is 1. The lowest BCUT2D eigenvalue weighted by Crippen LogP contribution is -2.12. The van der Waals surface area contributed by atoms with Gasteiger partial charge >= 0.3 is 0 Å². The molecule has 17 heavy (non-hydrogen) atoms. The molecule has 0 spiro atoms. The molecule has 4 nitrogen and oxygen atoms in total. The summed E-state index contributed by atoms with van der Waals surface area (Å²) in [5.74, 6) is -0.350. The van der Waals surface area contributed by atoms with Crippen molar-refractivity contribution in [3.8, 4) is 0 Å². The lowest BCUT2D eigenvalue weighted by molar-refractivity contribution is -0.121. The Hall–Kier alpha value is -1.94. The monoisotopic (exact) mass is 232 g/mol. The molecule has 88 valence electrons. The largest absolute Gasteiger partial charge is 0.453 e. The topological polar surface area (TPSA) is 56.5 Å². The minimum absolute atomic E-state index is 0.0496. The third-order valence-electron chi connectivity index (χ3n) is 2.36. The first kappa shape index (κ1) is 11.5. The second kappa shape index (κ2) is 4.93. The van der Waals surface area contributed by atoms with Gasteiger partial charge in [0.2, 0.25) is 5.78 Å². The predicted molar refractivity (Wildman–Crippen MR) is 62.0 cm³/mol. The first-order valence-corrected chi connectivity index (χ1v) is 5.23. The van der Waals surface area contributed by atoms with Gasteiger partial charge in [-0.1, -0.05) is 18.2 Å². The molecule has 0 aliphatic heterocycles. The molecule has 0 bridgehead atoms. The van der Waals surface area contributed by atoms with Crippen LogP contribution in [0.3, 0.4) is 0 Å². The van der Waals surface area contributed by atoms with Crippen LogP contribution in [-0.2, 0) is 9.53 Å². The first-order valence-electron chi connectivity index (χ1n) is 5.23. The second-order valence-corrected chi connectivity index (χ2v) is 3.72. The SMILES string of the molecule is COCC(=O)CC(=O)c1cc2ccccc2o1. The number of fused-ring (bicyclic) bond motifs is 1. The molecule has 0 aliphatic carbocycles. The molecule has 0 saturated carbocycles. The van der Waals surface area contributed by atoms with Crippen LogP contribution in [0.4, 0.5) is 0 Å². The lowest BCUT2D eigenvalue weighted by atomic mass is 10.1. The fourth-order valence-electron chi connectivity index (χ4n) is 1.60. The van der Waals surface area contributed by atoms with E-state index in [1.54, 1.807) is 12.1 Å². The maximum atomic E-state index is 11.7. The molecule has 0 atom stereocenters. The molecule has 1 aromatic heterocycles. The zero-order valence-corrected chi connectivity index (χ0v) is 9.43. The highest BCUT2D eigenvalue weighted by molar-refractivity contribution is 6.08. The van der Waals surface area contributed by atoms with Gasteiger partial charge in [0.1, 0.15) is 12.2 Å². The van der Waals surface area contributed by atoms with Gasteiger partial charge in [-0.05, 0) is 12.1 Å². The van der Waals surface area contributed by atoms with E-state index in [9.17, 15) is 9.59 Å². The Bertz CT molecular complexity index is 520. The van der Waals surface area contributed by atoms with Crippen LogP contribution in [0.2, 0.25) is 0 Å². The average Bonchev–Trinajstić information content (AvgIpc) is 2.72. The van der Waals surface area contributed by atoms with Gasteiger partial charge in [0.25, 0.3) is 0 Å². The Kier molecular flexibility index (Phi) is 3.35. The Morgan fingerprint density at radius 2 is 2.06 bits per heavy atom. The molecular formula is C13H12O4. The summed E-state index contributed by atoms with van der Waals surface area (Å²) in [6.45, 7) is -0.0496. The highest BCUT2D eigenvalue weighted by Crippen LogP contribution is 2.19. The third-order valence-corrected chi connectivity index (χ3v) is 2.36. The number of Topliss-reactive ketones (excluding diaryl/α,β-unsaturated/α-hetero) is 2. The van der Waals surface area contributed by atoms with Gasteiger partial charge in [0.05, 0.1) is 6.42 Å².